The molecule has 0 heterocycles. The fourth-order valence-corrected chi connectivity index (χ4v) is 0.737. The van der Waals surface area contributed by atoms with E-state index in [1.807, 2.05) is 34.6 Å². The lowest BCUT2D eigenvalue weighted by Gasteiger charge is -2.36. The van der Waals surface area contributed by atoms with Crippen LogP contribution < -0.4 is 5.43 Å². The summed E-state index contributed by atoms with van der Waals surface area (Å²) in [7, 11) is 0. The maximum Gasteiger partial charge on any atom is 0.511 e. The first-order chi connectivity index (χ1) is 8.60. The van der Waals surface area contributed by atoms with Crippen molar-refractivity contribution in [2.75, 3.05) is 13.4 Å². The Morgan fingerprint density at radius 2 is 1.84 bits per heavy atom. The fraction of sp³-hybridized carbons (Fsp3) is 0.909. The molecule has 0 saturated carbocycles. The van der Waals surface area contributed by atoms with E-state index in [1.54, 1.807) is 6.92 Å². The van der Waals surface area contributed by atoms with E-state index in [0.717, 1.165) is 0 Å². The molecule has 8 nitrogen and oxygen atoms in total. The average Bonchev–Trinajstić information content (AvgIpc) is 2.22. The molecule has 112 valence electrons. The molecule has 0 aromatic rings. The summed E-state index contributed by atoms with van der Waals surface area (Å²) >= 11 is 0. The highest BCUT2D eigenvalue weighted by Gasteiger charge is 2.36. The normalized spacial score (nSPS) is 12.8. The lowest BCUT2D eigenvalue weighted by Crippen LogP contribution is -2.52. The Labute approximate surface area is 113 Å². The summed E-state index contributed by atoms with van der Waals surface area (Å²) in [5, 5.41) is 14.6. The number of nitrogens with one attached hydrogen (secondary N) is 1. The van der Waals surface area contributed by atoms with Crippen LogP contribution in [0.25, 0.3) is 0 Å². The Hall–Kier alpha value is -1.73. The third-order valence-corrected chi connectivity index (χ3v) is 2.87. The Kier molecular flexibility index (Phi) is 6.37. The minimum atomic E-state index is -0.877. The summed E-state index contributed by atoms with van der Waals surface area (Å²) in [4.78, 5) is 15.5. The van der Waals surface area contributed by atoms with Crippen molar-refractivity contribution in [3.63, 3.8) is 0 Å². The Bertz CT molecular complexity index is 323. The molecule has 0 aromatic heterocycles. The van der Waals surface area contributed by atoms with Gasteiger partial charge < -0.3 is 19.5 Å². The van der Waals surface area contributed by atoms with E-state index in [9.17, 15) is 10.0 Å². The van der Waals surface area contributed by atoms with Crippen molar-refractivity contribution >= 4 is 6.16 Å². The average molecular weight is 277 g/mol. The van der Waals surface area contributed by atoms with E-state index in [2.05, 4.69) is 25.0 Å². The highest BCUT2D eigenvalue weighted by Crippen LogP contribution is 2.29. The van der Waals surface area contributed by atoms with Crippen molar-refractivity contribution in [3.8, 4) is 0 Å². The molecule has 0 aliphatic heterocycles. The van der Waals surface area contributed by atoms with Gasteiger partial charge in [-0.25, -0.2) is 4.79 Å². The number of nitrogens with zero attached hydrogens (tertiary/aromatic N) is 2. The highest BCUT2D eigenvalue weighted by atomic mass is 16.8. The van der Waals surface area contributed by atoms with Gasteiger partial charge >= 0.3 is 6.16 Å². The minimum absolute atomic E-state index is 0.160. The number of hydrazine groups is 1. The Morgan fingerprint density at radius 3 is 2.32 bits per heavy atom. The third-order valence-electron chi connectivity index (χ3n) is 2.87. The molecule has 0 aliphatic carbocycles. The number of hydrogen-bond donors (Lipinski definition) is 1. The lowest BCUT2D eigenvalue weighted by atomic mass is 9.77. The molecule has 0 atom stereocenters. The highest BCUT2D eigenvalue weighted by molar-refractivity contribution is 5.59. The van der Waals surface area contributed by atoms with Gasteiger partial charge in [-0.2, -0.15) is 5.43 Å². The van der Waals surface area contributed by atoms with Crippen LogP contribution in [0.15, 0.2) is 5.28 Å². The molecule has 0 amide bonds. The van der Waals surface area contributed by atoms with E-state index in [-0.39, 0.29) is 17.0 Å². The molecule has 0 unspecified atom stereocenters. The SMILES string of the molecule is CCOC(=O)OCO/N=[N+](\[O-])NC(C)(C)C(C)(C)C. The lowest BCUT2D eigenvalue weighted by molar-refractivity contribution is -0.629. The summed E-state index contributed by atoms with van der Waals surface area (Å²) in [6.45, 7) is 11.0. The second kappa shape index (κ2) is 7.01. The summed E-state index contributed by atoms with van der Waals surface area (Å²) in [5.74, 6) is 0. The largest absolute Gasteiger partial charge is 0.569 e. The first-order valence-corrected chi connectivity index (χ1v) is 5.97. The van der Waals surface area contributed by atoms with Gasteiger partial charge in [-0.1, -0.05) is 20.8 Å². The van der Waals surface area contributed by atoms with Crippen molar-refractivity contribution in [1.82, 2.24) is 5.43 Å². The standard InChI is InChI=1S/C11H23N3O5/c1-7-17-9(15)18-8-19-13-14(16)12-11(5,6)10(2,3)4/h7-8H2,1-6H3,(H,12,13). The van der Waals surface area contributed by atoms with Gasteiger partial charge in [0.2, 0.25) is 5.28 Å². The van der Waals surface area contributed by atoms with Crippen LogP contribution in [0.4, 0.5) is 4.79 Å². The summed E-state index contributed by atoms with van der Waals surface area (Å²) in [6.07, 6.45) is -0.877. The monoisotopic (exact) mass is 277 g/mol. The molecule has 19 heavy (non-hydrogen) atoms. The number of rotatable bonds is 6. The molecule has 0 fully saturated rings. The number of ether oxygens (including phenoxy) is 2. The van der Waals surface area contributed by atoms with Gasteiger partial charge in [-0.15, -0.1) is 0 Å². The minimum Gasteiger partial charge on any atom is -0.569 e. The molecule has 1 N–H and O–H groups in total. The van der Waals surface area contributed by atoms with Crippen molar-refractivity contribution in [1.29, 1.82) is 0 Å². The van der Waals surface area contributed by atoms with E-state index in [0.29, 0.717) is 0 Å². The van der Waals surface area contributed by atoms with Gasteiger partial charge in [0.25, 0.3) is 6.79 Å². The second-order valence-corrected chi connectivity index (χ2v) is 5.42. The van der Waals surface area contributed by atoms with E-state index in [4.69, 9.17) is 0 Å². The van der Waals surface area contributed by atoms with Gasteiger partial charge in [0.1, 0.15) is 0 Å². The second-order valence-electron chi connectivity index (χ2n) is 5.42. The molecule has 0 spiro atoms. The van der Waals surface area contributed by atoms with Gasteiger partial charge in [0.05, 0.1) is 17.1 Å². The van der Waals surface area contributed by atoms with Crippen LogP contribution in [0.3, 0.4) is 0 Å². The molecule has 0 radical (unpaired) electrons. The molecule has 0 aromatic carbocycles. The molecule has 0 saturated heterocycles. The molecular formula is C11H23N3O5. The third kappa shape index (κ3) is 6.68. The van der Waals surface area contributed by atoms with Crippen LogP contribution in [0.5, 0.6) is 0 Å². The first-order valence-electron chi connectivity index (χ1n) is 5.97. The zero-order chi connectivity index (χ0) is 15.1. The van der Waals surface area contributed by atoms with Crippen LogP contribution in [0.1, 0.15) is 41.5 Å². The zero-order valence-corrected chi connectivity index (χ0v) is 12.3. The van der Waals surface area contributed by atoms with Gasteiger partial charge in [0.15, 0.2) is 0 Å². The van der Waals surface area contributed by atoms with Crippen LogP contribution in [-0.2, 0) is 14.3 Å². The van der Waals surface area contributed by atoms with Crippen LogP contribution in [0.2, 0.25) is 0 Å². The quantitative estimate of drug-likeness (QED) is 0.200. The fourth-order valence-electron chi connectivity index (χ4n) is 0.737. The summed E-state index contributed by atoms with van der Waals surface area (Å²) in [5.41, 5.74) is 1.97. The number of hydrogen-bond acceptors (Lipinski definition) is 6. The molecule has 0 rings (SSSR count). The predicted octanol–water partition coefficient (Wildman–Crippen LogP) is 2.34. The van der Waals surface area contributed by atoms with E-state index >= 15 is 0 Å². The Morgan fingerprint density at radius 1 is 1.26 bits per heavy atom. The summed E-state index contributed by atoms with van der Waals surface area (Å²) in [6, 6.07) is 0. The van der Waals surface area contributed by atoms with Crippen molar-refractivity contribution in [3.05, 3.63) is 5.21 Å². The Balaban J connectivity index is 4.12. The van der Waals surface area contributed by atoms with E-state index in [1.165, 1.54) is 0 Å². The number of carbonyl (C=O) groups is 1. The van der Waals surface area contributed by atoms with E-state index < -0.39 is 18.5 Å². The number of carbonyl (C=O) groups excluding carboxylic acids is 1. The van der Waals surface area contributed by atoms with Crippen molar-refractivity contribution in [2.24, 2.45) is 10.7 Å². The van der Waals surface area contributed by atoms with Crippen LogP contribution in [-0.4, -0.2) is 30.1 Å². The van der Waals surface area contributed by atoms with Gasteiger partial charge in [-0.05, 0) is 26.2 Å². The molecule has 0 aliphatic rings. The van der Waals surface area contributed by atoms with Crippen LogP contribution >= 0.6 is 0 Å². The molecule has 8 heteroatoms. The maximum atomic E-state index is 11.4. The summed E-state index contributed by atoms with van der Waals surface area (Å²) < 4.78 is 8.94. The van der Waals surface area contributed by atoms with Gasteiger partial charge in [0, 0.05) is 0 Å². The van der Waals surface area contributed by atoms with Crippen molar-refractivity contribution < 1.29 is 24.1 Å². The molecule has 0 bridgehead atoms. The predicted molar refractivity (Wildman–Crippen MR) is 66.8 cm³/mol. The molecular weight excluding hydrogens is 254 g/mol. The topological polar surface area (TPSA) is 95.2 Å². The zero-order valence-electron chi connectivity index (χ0n) is 12.3. The van der Waals surface area contributed by atoms with Crippen LogP contribution in [0, 0.1) is 10.6 Å². The van der Waals surface area contributed by atoms with Crippen molar-refractivity contribution in [2.45, 2.75) is 47.1 Å². The smallest absolute Gasteiger partial charge is 0.511 e. The maximum absolute atomic E-state index is 11.4. The van der Waals surface area contributed by atoms with Gasteiger partial charge in [-0.3, -0.25) is 0 Å². The first kappa shape index (κ1) is 17.3.